The summed E-state index contributed by atoms with van der Waals surface area (Å²) < 4.78 is 1.71. The van der Waals surface area contributed by atoms with Gasteiger partial charge in [-0.05, 0) is 57.1 Å². The minimum atomic E-state index is -0.109. The van der Waals surface area contributed by atoms with Crippen LogP contribution in [-0.4, -0.2) is 44.3 Å². The first-order valence-electron chi connectivity index (χ1n) is 8.83. The zero-order valence-electron chi connectivity index (χ0n) is 15.6. The van der Waals surface area contributed by atoms with E-state index in [9.17, 15) is 4.79 Å². The molecular formula is C19H25N5O. The monoisotopic (exact) mass is 339 g/mol. The molecule has 0 atom stereocenters. The number of likely N-dealkylation sites (N-methyl/N-ethyl adjacent to an activating group) is 1. The molecule has 0 radical (unpaired) electrons. The van der Waals surface area contributed by atoms with Gasteiger partial charge in [0.15, 0.2) is 5.52 Å². The van der Waals surface area contributed by atoms with Gasteiger partial charge in [-0.15, -0.1) is 10.2 Å². The standard InChI is InChI=1S/C19H25N5O/c1-6-23(7-2)8-9-24-14(5)20-17-15-10-12(3)13(4)11-16(15)21-22-18(17)19(24)25/h10-11H,6-9H2,1-5H3. The molecule has 2 aromatic heterocycles. The molecule has 0 aliphatic rings. The van der Waals surface area contributed by atoms with Gasteiger partial charge in [0.05, 0.1) is 5.52 Å². The van der Waals surface area contributed by atoms with Crippen LogP contribution < -0.4 is 5.56 Å². The van der Waals surface area contributed by atoms with Crippen LogP contribution in [0.5, 0.6) is 0 Å². The quantitative estimate of drug-likeness (QED) is 0.669. The van der Waals surface area contributed by atoms with Gasteiger partial charge in [0.1, 0.15) is 11.3 Å². The molecule has 0 amide bonds. The number of hydrogen-bond acceptors (Lipinski definition) is 5. The second-order valence-corrected chi connectivity index (χ2v) is 6.49. The van der Waals surface area contributed by atoms with Crippen molar-refractivity contribution in [3.05, 3.63) is 39.4 Å². The minimum Gasteiger partial charge on any atom is -0.302 e. The molecule has 6 nitrogen and oxygen atoms in total. The summed E-state index contributed by atoms with van der Waals surface area (Å²) in [5, 5.41) is 9.34. The maximum Gasteiger partial charge on any atom is 0.282 e. The number of fused-ring (bicyclic) bond motifs is 3. The second kappa shape index (κ2) is 6.88. The lowest BCUT2D eigenvalue weighted by molar-refractivity contribution is 0.287. The van der Waals surface area contributed by atoms with Gasteiger partial charge in [-0.25, -0.2) is 4.98 Å². The average Bonchev–Trinajstić information content (AvgIpc) is 2.59. The summed E-state index contributed by atoms with van der Waals surface area (Å²) in [6.45, 7) is 13.6. The first-order valence-corrected chi connectivity index (χ1v) is 8.83. The van der Waals surface area contributed by atoms with E-state index in [0.717, 1.165) is 47.5 Å². The SMILES string of the molecule is CCN(CC)CCn1c(C)nc2c(nnc3cc(C)c(C)cc32)c1=O. The Labute approximate surface area is 147 Å². The first kappa shape index (κ1) is 17.5. The van der Waals surface area contributed by atoms with Crippen LogP contribution in [0, 0.1) is 20.8 Å². The van der Waals surface area contributed by atoms with Gasteiger partial charge in [-0.2, -0.15) is 0 Å². The number of nitrogens with zero attached hydrogens (tertiary/aromatic N) is 5. The third-order valence-electron chi connectivity index (χ3n) is 5.00. The van der Waals surface area contributed by atoms with E-state index in [4.69, 9.17) is 4.98 Å². The molecule has 1 aromatic carbocycles. The van der Waals surface area contributed by atoms with Crippen LogP contribution >= 0.6 is 0 Å². The molecule has 6 heteroatoms. The van der Waals surface area contributed by atoms with Crippen molar-refractivity contribution in [1.82, 2.24) is 24.6 Å². The van der Waals surface area contributed by atoms with E-state index in [1.807, 2.05) is 26.0 Å². The highest BCUT2D eigenvalue weighted by Crippen LogP contribution is 2.22. The summed E-state index contributed by atoms with van der Waals surface area (Å²) in [6.07, 6.45) is 0. The van der Waals surface area contributed by atoms with Crippen molar-refractivity contribution < 1.29 is 0 Å². The highest BCUT2D eigenvalue weighted by atomic mass is 16.1. The fraction of sp³-hybridized carbons (Fsp3) is 0.474. The molecule has 0 fully saturated rings. The highest BCUT2D eigenvalue weighted by molar-refractivity contribution is 6.01. The smallest absolute Gasteiger partial charge is 0.282 e. The van der Waals surface area contributed by atoms with E-state index >= 15 is 0 Å². The number of aromatic nitrogens is 4. The van der Waals surface area contributed by atoms with Gasteiger partial charge < -0.3 is 4.90 Å². The molecule has 132 valence electrons. The van der Waals surface area contributed by atoms with Gasteiger partial charge >= 0.3 is 0 Å². The normalized spacial score (nSPS) is 11.8. The summed E-state index contributed by atoms with van der Waals surface area (Å²) in [5.74, 6) is 0.720. The molecule has 0 unspecified atom stereocenters. The molecule has 3 rings (SSSR count). The van der Waals surface area contributed by atoms with E-state index in [1.54, 1.807) is 4.57 Å². The summed E-state index contributed by atoms with van der Waals surface area (Å²) in [5.41, 5.74) is 3.98. The molecular weight excluding hydrogens is 314 g/mol. The first-order chi connectivity index (χ1) is 12.0. The average molecular weight is 339 g/mol. The Balaban J connectivity index is 2.16. The summed E-state index contributed by atoms with van der Waals surface area (Å²) in [6, 6.07) is 4.05. The maximum atomic E-state index is 12.9. The molecule has 25 heavy (non-hydrogen) atoms. The Morgan fingerprint density at radius 1 is 1.00 bits per heavy atom. The van der Waals surface area contributed by atoms with Gasteiger partial charge in [-0.3, -0.25) is 9.36 Å². The molecule has 3 aromatic rings. The van der Waals surface area contributed by atoms with Crippen molar-refractivity contribution in [2.75, 3.05) is 19.6 Å². The predicted octanol–water partition coefficient (Wildman–Crippen LogP) is 2.61. The molecule has 0 aliphatic heterocycles. The second-order valence-electron chi connectivity index (χ2n) is 6.49. The summed E-state index contributed by atoms with van der Waals surface area (Å²) >= 11 is 0. The zero-order valence-corrected chi connectivity index (χ0v) is 15.6. The number of hydrogen-bond donors (Lipinski definition) is 0. The molecule has 0 saturated carbocycles. The summed E-state index contributed by atoms with van der Waals surface area (Å²) in [4.78, 5) is 19.9. The van der Waals surface area contributed by atoms with E-state index < -0.39 is 0 Å². The Hall–Kier alpha value is -2.34. The number of aryl methyl sites for hydroxylation is 3. The lowest BCUT2D eigenvalue weighted by atomic mass is 10.1. The Kier molecular flexibility index (Phi) is 4.81. The van der Waals surface area contributed by atoms with E-state index in [1.165, 1.54) is 0 Å². The van der Waals surface area contributed by atoms with Crippen LogP contribution in [0.15, 0.2) is 16.9 Å². The van der Waals surface area contributed by atoms with Crippen molar-refractivity contribution in [1.29, 1.82) is 0 Å². The molecule has 0 aliphatic carbocycles. The van der Waals surface area contributed by atoms with E-state index in [-0.39, 0.29) is 5.56 Å². The predicted molar refractivity (Wildman–Crippen MR) is 101 cm³/mol. The van der Waals surface area contributed by atoms with Crippen LogP contribution in [0.25, 0.3) is 21.9 Å². The molecule has 0 spiro atoms. The topological polar surface area (TPSA) is 63.9 Å². The van der Waals surface area contributed by atoms with Crippen molar-refractivity contribution in [2.24, 2.45) is 0 Å². The molecule has 2 heterocycles. The zero-order chi connectivity index (χ0) is 18.1. The number of benzene rings is 1. The number of rotatable bonds is 5. The highest BCUT2D eigenvalue weighted by Gasteiger charge is 2.14. The fourth-order valence-electron chi connectivity index (χ4n) is 3.15. The molecule has 0 bridgehead atoms. The third kappa shape index (κ3) is 3.14. The Bertz CT molecular complexity index is 989. The largest absolute Gasteiger partial charge is 0.302 e. The van der Waals surface area contributed by atoms with Gasteiger partial charge in [-0.1, -0.05) is 13.8 Å². The van der Waals surface area contributed by atoms with Crippen LogP contribution in [0.3, 0.4) is 0 Å². The molecule has 0 N–H and O–H groups in total. The van der Waals surface area contributed by atoms with Crippen LogP contribution in [0.4, 0.5) is 0 Å². The summed E-state index contributed by atoms with van der Waals surface area (Å²) in [7, 11) is 0. The van der Waals surface area contributed by atoms with Crippen LogP contribution in [-0.2, 0) is 6.54 Å². The van der Waals surface area contributed by atoms with Crippen LogP contribution in [0.1, 0.15) is 30.8 Å². The van der Waals surface area contributed by atoms with E-state index in [2.05, 4.69) is 35.9 Å². The van der Waals surface area contributed by atoms with Gasteiger partial charge in [0.25, 0.3) is 5.56 Å². The lowest BCUT2D eigenvalue weighted by Gasteiger charge is -2.19. The van der Waals surface area contributed by atoms with Crippen molar-refractivity contribution >= 4 is 21.9 Å². The Morgan fingerprint density at radius 3 is 2.36 bits per heavy atom. The van der Waals surface area contributed by atoms with Gasteiger partial charge in [0, 0.05) is 18.5 Å². The Morgan fingerprint density at radius 2 is 1.68 bits per heavy atom. The van der Waals surface area contributed by atoms with Crippen LogP contribution in [0.2, 0.25) is 0 Å². The van der Waals surface area contributed by atoms with Crippen molar-refractivity contribution in [3.8, 4) is 0 Å². The van der Waals surface area contributed by atoms with Gasteiger partial charge in [0.2, 0.25) is 0 Å². The fourth-order valence-corrected chi connectivity index (χ4v) is 3.15. The third-order valence-corrected chi connectivity index (χ3v) is 5.00. The van der Waals surface area contributed by atoms with Crippen molar-refractivity contribution in [2.45, 2.75) is 41.2 Å². The van der Waals surface area contributed by atoms with E-state index in [0.29, 0.717) is 17.6 Å². The minimum absolute atomic E-state index is 0.109. The molecule has 0 saturated heterocycles. The van der Waals surface area contributed by atoms with Crippen molar-refractivity contribution in [3.63, 3.8) is 0 Å². The lowest BCUT2D eigenvalue weighted by Crippen LogP contribution is -2.32. The maximum absolute atomic E-state index is 12.9.